The summed E-state index contributed by atoms with van der Waals surface area (Å²) in [5.41, 5.74) is 0.855. The number of hydrogen-bond acceptors (Lipinski definition) is 6. The molecule has 0 atom stereocenters. The summed E-state index contributed by atoms with van der Waals surface area (Å²) in [6.07, 6.45) is 3.57. The number of sulfonamides is 1. The minimum Gasteiger partial charge on any atom is -0.356 e. The molecule has 1 aliphatic heterocycles. The van der Waals surface area contributed by atoms with Gasteiger partial charge in [0.25, 0.3) is 0 Å². The Labute approximate surface area is 159 Å². The number of hydrogen-bond donors (Lipinski definition) is 2. The molecule has 1 aliphatic rings. The fraction of sp³-hybridized carbons (Fsp3) is 0.444. The van der Waals surface area contributed by atoms with Crippen LogP contribution in [0.1, 0.15) is 25.0 Å². The second-order valence-corrected chi connectivity index (χ2v) is 8.29. The van der Waals surface area contributed by atoms with Crippen LogP contribution in [0.25, 0.3) is 0 Å². The maximum atomic E-state index is 13.2. The molecule has 0 aliphatic carbocycles. The highest BCUT2D eigenvalue weighted by Crippen LogP contribution is 2.19. The molecule has 1 saturated heterocycles. The highest BCUT2D eigenvalue weighted by Gasteiger charge is 2.15. The van der Waals surface area contributed by atoms with Gasteiger partial charge in [-0.05, 0) is 44.4 Å². The van der Waals surface area contributed by atoms with Gasteiger partial charge >= 0.3 is 0 Å². The third-order valence-electron chi connectivity index (χ3n) is 4.33. The van der Waals surface area contributed by atoms with Crippen molar-refractivity contribution in [1.82, 2.24) is 14.7 Å². The number of nitrogens with one attached hydrogen (secondary N) is 2. The Morgan fingerprint density at radius 3 is 2.63 bits per heavy atom. The Morgan fingerprint density at radius 2 is 1.89 bits per heavy atom. The summed E-state index contributed by atoms with van der Waals surface area (Å²) in [5.74, 6) is 0.778. The average Bonchev–Trinajstić information content (AvgIpc) is 2.66. The predicted molar refractivity (Wildman–Crippen MR) is 103 cm³/mol. The molecule has 0 amide bonds. The van der Waals surface area contributed by atoms with Crippen LogP contribution in [0.3, 0.4) is 0 Å². The lowest BCUT2D eigenvalue weighted by Gasteiger charge is -2.28. The van der Waals surface area contributed by atoms with Gasteiger partial charge in [0.1, 0.15) is 11.6 Å². The van der Waals surface area contributed by atoms with E-state index in [4.69, 9.17) is 0 Å². The van der Waals surface area contributed by atoms with Crippen LogP contribution in [0.4, 0.5) is 16.2 Å². The van der Waals surface area contributed by atoms with E-state index in [0.29, 0.717) is 12.5 Å². The summed E-state index contributed by atoms with van der Waals surface area (Å²) in [6, 6.07) is 6.88. The van der Waals surface area contributed by atoms with E-state index in [1.165, 1.54) is 24.6 Å². The quantitative estimate of drug-likeness (QED) is 0.702. The minimum atomic E-state index is -3.75. The lowest BCUT2D eigenvalue weighted by atomic mass is 10.1. The normalized spacial score (nSPS) is 15.0. The first kappa shape index (κ1) is 19.5. The molecular formula is C18H24FN5O2S. The summed E-state index contributed by atoms with van der Waals surface area (Å²) in [4.78, 5) is 11.0. The van der Waals surface area contributed by atoms with Gasteiger partial charge in [0.15, 0.2) is 0 Å². The molecule has 2 N–H and O–H groups in total. The van der Waals surface area contributed by atoms with Gasteiger partial charge in [-0.15, -0.1) is 0 Å². The molecule has 3 rings (SSSR count). The largest absolute Gasteiger partial charge is 0.356 e. The first-order valence-electron chi connectivity index (χ1n) is 9.04. The van der Waals surface area contributed by atoms with Gasteiger partial charge in [0, 0.05) is 37.9 Å². The standard InChI is InChI=1S/C18H24FN5O2S/c1-14-12-17(24-10-3-2-4-11-24)23-18(22-14)20-8-9-21-27(25,26)16-7-5-6-15(19)13-16/h5-7,12-13,21H,2-4,8-11H2,1H3,(H,20,22,23). The molecule has 0 saturated carbocycles. The molecular weight excluding hydrogens is 369 g/mol. The van der Waals surface area contributed by atoms with Gasteiger partial charge in [-0.2, -0.15) is 4.98 Å². The Bertz CT molecular complexity index is 885. The zero-order valence-electron chi connectivity index (χ0n) is 15.3. The maximum Gasteiger partial charge on any atom is 0.240 e. The molecule has 0 bridgehead atoms. The first-order valence-corrected chi connectivity index (χ1v) is 10.5. The van der Waals surface area contributed by atoms with Crippen molar-refractivity contribution in [3.05, 3.63) is 41.8 Å². The lowest BCUT2D eigenvalue weighted by molar-refractivity contribution is 0.573. The Balaban J connectivity index is 1.56. The number of aromatic nitrogens is 2. The third kappa shape index (κ3) is 5.36. The van der Waals surface area contributed by atoms with Gasteiger partial charge < -0.3 is 10.2 Å². The number of benzene rings is 1. The van der Waals surface area contributed by atoms with Gasteiger partial charge in [0.2, 0.25) is 16.0 Å². The summed E-state index contributed by atoms with van der Waals surface area (Å²) in [5, 5.41) is 3.05. The van der Waals surface area contributed by atoms with E-state index >= 15 is 0 Å². The fourth-order valence-corrected chi connectivity index (χ4v) is 4.06. The van der Waals surface area contributed by atoms with E-state index < -0.39 is 15.8 Å². The topological polar surface area (TPSA) is 87.2 Å². The molecule has 2 aromatic rings. The van der Waals surface area contributed by atoms with E-state index in [1.807, 2.05) is 13.0 Å². The molecule has 27 heavy (non-hydrogen) atoms. The van der Waals surface area contributed by atoms with Crippen LogP contribution < -0.4 is 14.9 Å². The van der Waals surface area contributed by atoms with Gasteiger partial charge in [-0.1, -0.05) is 6.07 Å². The summed E-state index contributed by atoms with van der Waals surface area (Å²) in [6.45, 7) is 4.34. The molecule has 7 nitrogen and oxygen atoms in total. The van der Waals surface area contributed by atoms with Gasteiger partial charge in [-0.3, -0.25) is 0 Å². The number of rotatable bonds is 7. The van der Waals surface area contributed by atoms with Crippen LogP contribution in [-0.2, 0) is 10.0 Å². The van der Waals surface area contributed by atoms with Gasteiger partial charge in [0.05, 0.1) is 4.90 Å². The first-order chi connectivity index (χ1) is 12.9. The van der Waals surface area contributed by atoms with Crippen LogP contribution >= 0.6 is 0 Å². The maximum absolute atomic E-state index is 13.2. The van der Waals surface area contributed by atoms with Crippen molar-refractivity contribution in [2.24, 2.45) is 0 Å². The molecule has 1 fully saturated rings. The van der Waals surface area contributed by atoms with Crippen LogP contribution in [-0.4, -0.2) is 44.6 Å². The highest BCUT2D eigenvalue weighted by atomic mass is 32.2. The average molecular weight is 393 g/mol. The third-order valence-corrected chi connectivity index (χ3v) is 5.79. The Hall–Kier alpha value is -2.26. The molecule has 0 unspecified atom stereocenters. The second kappa shape index (κ2) is 8.62. The van der Waals surface area contributed by atoms with Crippen LogP contribution in [0.15, 0.2) is 35.2 Å². The summed E-state index contributed by atoms with van der Waals surface area (Å²) in [7, 11) is -3.75. The minimum absolute atomic E-state index is 0.0957. The molecule has 1 aromatic carbocycles. The van der Waals surface area contributed by atoms with Crippen LogP contribution in [0.2, 0.25) is 0 Å². The lowest BCUT2D eigenvalue weighted by Crippen LogP contribution is -2.31. The summed E-state index contributed by atoms with van der Waals surface area (Å²) >= 11 is 0. The fourth-order valence-electron chi connectivity index (χ4n) is 2.99. The SMILES string of the molecule is Cc1cc(N2CCCCC2)nc(NCCNS(=O)(=O)c2cccc(F)c2)n1. The van der Waals surface area contributed by atoms with Crippen molar-refractivity contribution >= 4 is 21.8 Å². The molecule has 146 valence electrons. The number of anilines is 2. The zero-order chi connectivity index (χ0) is 19.3. The van der Waals surface area contributed by atoms with Crippen molar-refractivity contribution in [2.45, 2.75) is 31.1 Å². The van der Waals surface area contributed by atoms with E-state index in [9.17, 15) is 12.8 Å². The number of aryl methyl sites for hydroxylation is 1. The Morgan fingerprint density at radius 1 is 1.11 bits per heavy atom. The van der Waals surface area contributed by atoms with E-state index in [1.54, 1.807) is 0 Å². The van der Waals surface area contributed by atoms with E-state index in [2.05, 4.69) is 24.9 Å². The molecule has 0 radical (unpaired) electrons. The van der Waals surface area contributed by atoms with Crippen molar-refractivity contribution in [2.75, 3.05) is 36.4 Å². The smallest absolute Gasteiger partial charge is 0.240 e. The highest BCUT2D eigenvalue weighted by molar-refractivity contribution is 7.89. The second-order valence-electron chi connectivity index (χ2n) is 6.52. The summed E-state index contributed by atoms with van der Waals surface area (Å²) < 4.78 is 40.0. The van der Waals surface area contributed by atoms with Crippen LogP contribution in [0.5, 0.6) is 0 Å². The van der Waals surface area contributed by atoms with Crippen molar-refractivity contribution in [3.8, 4) is 0 Å². The van der Waals surface area contributed by atoms with Crippen molar-refractivity contribution in [3.63, 3.8) is 0 Å². The Kier molecular flexibility index (Phi) is 6.22. The molecule has 2 heterocycles. The van der Waals surface area contributed by atoms with Crippen molar-refractivity contribution in [1.29, 1.82) is 0 Å². The molecule has 1 aromatic heterocycles. The molecule has 0 spiro atoms. The number of piperidine rings is 1. The monoisotopic (exact) mass is 393 g/mol. The number of nitrogens with zero attached hydrogens (tertiary/aromatic N) is 3. The van der Waals surface area contributed by atoms with Crippen molar-refractivity contribution < 1.29 is 12.8 Å². The predicted octanol–water partition coefficient (Wildman–Crippen LogP) is 2.30. The van der Waals surface area contributed by atoms with E-state index in [0.717, 1.165) is 43.5 Å². The van der Waals surface area contributed by atoms with E-state index in [-0.39, 0.29) is 11.4 Å². The van der Waals surface area contributed by atoms with Gasteiger partial charge in [-0.25, -0.2) is 22.5 Å². The number of halogens is 1. The molecule has 9 heteroatoms. The zero-order valence-corrected chi connectivity index (χ0v) is 16.1. The van der Waals surface area contributed by atoms with Crippen LogP contribution in [0, 0.1) is 12.7 Å².